The number of benzene rings is 1. The van der Waals surface area contributed by atoms with Crippen LogP contribution in [0.1, 0.15) is 49.5 Å². The van der Waals surface area contributed by atoms with Gasteiger partial charge in [-0.15, -0.1) is 10.2 Å². The molecule has 0 spiro atoms. The number of nitrogens with zero attached hydrogens (tertiary/aromatic N) is 3. The molecule has 1 heterocycles. The zero-order chi connectivity index (χ0) is 19.9. The molecule has 1 aromatic heterocycles. The van der Waals surface area contributed by atoms with Crippen molar-refractivity contribution in [2.75, 3.05) is 12.8 Å². The van der Waals surface area contributed by atoms with E-state index in [4.69, 9.17) is 23.2 Å². The van der Waals surface area contributed by atoms with Crippen LogP contribution in [0.5, 0.6) is 0 Å². The van der Waals surface area contributed by atoms with Crippen LogP contribution in [0.3, 0.4) is 0 Å². The summed E-state index contributed by atoms with van der Waals surface area (Å²) >= 11 is 13.7. The van der Waals surface area contributed by atoms with Crippen molar-refractivity contribution in [2.45, 2.75) is 49.7 Å². The summed E-state index contributed by atoms with van der Waals surface area (Å²) in [6, 6.07) is 5.85. The standard InChI is InChI=1S/C20H24Cl2N4OS/c1-28-20-25-24-17(26(20)15-7-2-3-8-15)10-5-13-23-18(27)12-11-14-6-4-9-16(21)19(14)22/h4,6,9,11-12,15H,2-3,5,7-8,10,13H2,1H3,(H,23,27)/b12-11+. The Morgan fingerprint density at radius 2 is 2.11 bits per heavy atom. The SMILES string of the molecule is CSc1nnc(CCCNC(=O)/C=C/c2cccc(Cl)c2Cl)n1C1CCCC1. The second-order valence-electron chi connectivity index (χ2n) is 6.78. The number of carbonyl (C=O) groups is 1. The second-order valence-corrected chi connectivity index (χ2v) is 8.34. The molecule has 0 radical (unpaired) electrons. The highest BCUT2D eigenvalue weighted by Gasteiger charge is 2.23. The van der Waals surface area contributed by atoms with Gasteiger partial charge in [-0.1, -0.05) is 59.9 Å². The number of rotatable bonds is 8. The first-order chi connectivity index (χ1) is 13.6. The lowest BCUT2D eigenvalue weighted by Gasteiger charge is -2.16. The molecule has 0 unspecified atom stereocenters. The maximum atomic E-state index is 12.0. The largest absolute Gasteiger partial charge is 0.353 e. The summed E-state index contributed by atoms with van der Waals surface area (Å²) < 4.78 is 2.31. The fourth-order valence-electron chi connectivity index (χ4n) is 3.48. The minimum atomic E-state index is -0.155. The average Bonchev–Trinajstić information content (AvgIpc) is 3.35. The van der Waals surface area contributed by atoms with Crippen LogP contribution in [0.15, 0.2) is 29.4 Å². The van der Waals surface area contributed by atoms with E-state index in [0.29, 0.717) is 22.6 Å². The highest BCUT2D eigenvalue weighted by atomic mass is 35.5. The monoisotopic (exact) mass is 438 g/mol. The first-order valence-corrected chi connectivity index (χ1v) is 11.5. The molecule has 28 heavy (non-hydrogen) atoms. The molecule has 2 aromatic rings. The van der Waals surface area contributed by atoms with Gasteiger partial charge in [0, 0.05) is 25.1 Å². The molecule has 1 aliphatic rings. The van der Waals surface area contributed by atoms with Crippen LogP contribution in [0.2, 0.25) is 10.0 Å². The summed E-state index contributed by atoms with van der Waals surface area (Å²) in [6.45, 7) is 0.582. The molecule has 1 fully saturated rings. The van der Waals surface area contributed by atoms with Gasteiger partial charge in [-0.25, -0.2) is 0 Å². The van der Waals surface area contributed by atoms with Crippen molar-refractivity contribution in [2.24, 2.45) is 0 Å². The molecule has 1 amide bonds. The predicted molar refractivity (Wildman–Crippen MR) is 116 cm³/mol. The van der Waals surface area contributed by atoms with Crippen molar-refractivity contribution >= 4 is 46.9 Å². The minimum absolute atomic E-state index is 0.155. The van der Waals surface area contributed by atoms with Gasteiger partial charge in [-0.3, -0.25) is 4.79 Å². The van der Waals surface area contributed by atoms with Gasteiger partial charge in [0.05, 0.1) is 10.0 Å². The van der Waals surface area contributed by atoms with Gasteiger partial charge in [0.25, 0.3) is 0 Å². The third-order valence-corrected chi connectivity index (χ3v) is 6.36. The highest BCUT2D eigenvalue weighted by Crippen LogP contribution is 2.33. The molecule has 1 saturated carbocycles. The number of nitrogens with one attached hydrogen (secondary N) is 1. The Labute approximate surface area is 179 Å². The van der Waals surface area contributed by atoms with Crippen molar-refractivity contribution in [3.63, 3.8) is 0 Å². The topological polar surface area (TPSA) is 59.8 Å². The number of thioether (sulfide) groups is 1. The lowest BCUT2D eigenvalue weighted by atomic mass is 10.2. The number of amides is 1. The first kappa shape index (κ1) is 21.2. The van der Waals surface area contributed by atoms with E-state index in [0.717, 1.165) is 29.4 Å². The zero-order valence-corrected chi connectivity index (χ0v) is 18.2. The number of carbonyl (C=O) groups excluding carboxylic acids is 1. The molecule has 1 aromatic carbocycles. The van der Waals surface area contributed by atoms with Crippen LogP contribution in [-0.2, 0) is 11.2 Å². The van der Waals surface area contributed by atoms with Crippen molar-refractivity contribution in [3.05, 3.63) is 45.7 Å². The lowest BCUT2D eigenvalue weighted by Crippen LogP contribution is -2.23. The molecule has 150 valence electrons. The molecule has 1 N–H and O–H groups in total. The third kappa shape index (κ3) is 5.31. The van der Waals surface area contributed by atoms with E-state index in [1.54, 1.807) is 30.0 Å². The number of hydrogen-bond donors (Lipinski definition) is 1. The van der Waals surface area contributed by atoms with Gasteiger partial charge in [0.2, 0.25) is 5.91 Å². The summed E-state index contributed by atoms with van der Waals surface area (Å²) in [5.41, 5.74) is 0.721. The number of aryl methyl sites for hydroxylation is 1. The van der Waals surface area contributed by atoms with Crippen molar-refractivity contribution in [1.82, 2.24) is 20.1 Å². The smallest absolute Gasteiger partial charge is 0.244 e. The van der Waals surface area contributed by atoms with Gasteiger partial charge in [0.15, 0.2) is 5.16 Å². The molecule has 0 atom stereocenters. The maximum absolute atomic E-state index is 12.0. The van der Waals surface area contributed by atoms with Crippen molar-refractivity contribution in [1.29, 1.82) is 0 Å². The van der Waals surface area contributed by atoms with E-state index in [-0.39, 0.29) is 5.91 Å². The Balaban J connectivity index is 1.49. The highest BCUT2D eigenvalue weighted by molar-refractivity contribution is 7.98. The van der Waals surface area contributed by atoms with Crippen molar-refractivity contribution < 1.29 is 4.79 Å². The first-order valence-electron chi connectivity index (χ1n) is 9.48. The van der Waals surface area contributed by atoms with E-state index in [9.17, 15) is 4.79 Å². The average molecular weight is 439 g/mol. The second kappa shape index (κ2) is 10.3. The summed E-state index contributed by atoms with van der Waals surface area (Å²) in [7, 11) is 0. The van der Waals surface area contributed by atoms with E-state index < -0.39 is 0 Å². The molecular weight excluding hydrogens is 415 g/mol. The molecule has 5 nitrogen and oxygen atoms in total. The molecule has 0 bridgehead atoms. The number of halogens is 2. The lowest BCUT2D eigenvalue weighted by molar-refractivity contribution is -0.116. The van der Waals surface area contributed by atoms with E-state index in [2.05, 4.69) is 20.1 Å². The Hall–Kier alpha value is -1.50. The normalized spacial score (nSPS) is 14.8. The predicted octanol–water partition coefficient (Wildman–Crippen LogP) is 5.18. The van der Waals surface area contributed by atoms with Gasteiger partial charge >= 0.3 is 0 Å². The number of aromatic nitrogens is 3. The minimum Gasteiger partial charge on any atom is -0.353 e. The molecule has 8 heteroatoms. The number of hydrogen-bond acceptors (Lipinski definition) is 4. The fraction of sp³-hybridized carbons (Fsp3) is 0.450. The molecule has 0 saturated heterocycles. The Morgan fingerprint density at radius 1 is 1.32 bits per heavy atom. The summed E-state index contributed by atoms with van der Waals surface area (Å²) in [5, 5.41) is 13.5. The van der Waals surface area contributed by atoms with Crippen LogP contribution in [0, 0.1) is 0 Å². The van der Waals surface area contributed by atoms with Gasteiger partial charge in [-0.2, -0.15) is 0 Å². The van der Waals surface area contributed by atoms with Gasteiger partial charge in [0.1, 0.15) is 5.82 Å². The maximum Gasteiger partial charge on any atom is 0.244 e. The Bertz CT molecular complexity index is 847. The van der Waals surface area contributed by atoms with Crippen molar-refractivity contribution in [3.8, 4) is 0 Å². The van der Waals surface area contributed by atoms with E-state index in [1.165, 1.54) is 31.8 Å². The zero-order valence-electron chi connectivity index (χ0n) is 15.8. The van der Waals surface area contributed by atoms with Gasteiger partial charge < -0.3 is 9.88 Å². The summed E-state index contributed by atoms with van der Waals surface area (Å²) in [4.78, 5) is 12.0. The Kier molecular flexibility index (Phi) is 7.82. The molecule has 1 aliphatic carbocycles. The molecule has 3 rings (SSSR count). The van der Waals surface area contributed by atoms with E-state index >= 15 is 0 Å². The third-order valence-electron chi connectivity index (χ3n) is 4.88. The summed E-state index contributed by atoms with van der Waals surface area (Å²) in [5.74, 6) is 0.866. The molecule has 0 aliphatic heterocycles. The van der Waals surface area contributed by atoms with Crippen LogP contribution in [0.25, 0.3) is 6.08 Å². The van der Waals surface area contributed by atoms with Crippen LogP contribution in [0.4, 0.5) is 0 Å². The quantitative estimate of drug-likeness (QED) is 0.350. The van der Waals surface area contributed by atoms with Crippen LogP contribution in [-0.4, -0.2) is 33.5 Å². The van der Waals surface area contributed by atoms with Crippen LogP contribution < -0.4 is 5.32 Å². The van der Waals surface area contributed by atoms with E-state index in [1.807, 2.05) is 12.3 Å². The van der Waals surface area contributed by atoms with Crippen LogP contribution >= 0.6 is 35.0 Å². The summed E-state index contributed by atoms with van der Waals surface area (Å²) in [6.07, 6.45) is 11.8. The Morgan fingerprint density at radius 3 is 2.86 bits per heavy atom. The molecular formula is C20H24Cl2N4OS. The van der Waals surface area contributed by atoms with Gasteiger partial charge in [-0.05, 0) is 43.2 Å². The fourth-order valence-corrected chi connectivity index (χ4v) is 4.42.